The molecule has 2 aromatic rings. The van der Waals surface area contributed by atoms with Crippen molar-refractivity contribution in [2.45, 2.75) is 50.7 Å². The van der Waals surface area contributed by atoms with Crippen LogP contribution in [0.25, 0.3) is 0 Å². The number of carbonyl (C=O) groups is 4. The van der Waals surface area contributed by atoms with Crippen LogP contribution in [0.2, 0.25) is 5.02 Å². The Hall–Kier alpha value is -3.78. The van der Waals surface area contributed by atoms with Crippen LogP contribution in [0.5, 0.6) is 5.75 Å². The summed E-state index contributed by atoms with van der Waals surface area (Å²) in [6.07, 6.45) is 3.69. The highest BCUT2D eigenvalue weighted by Crippen LogP contribution is 2.36. The number of nitrogens with two attached hydrogens (primary N) is 1. The molecule has 0 saturated carbocycles. The summed E-state index contributed by atoms with van der Waals surface area (Å²) in [5.41, 5.74) is 5.21. The van der Waals surface area contributed by atoms with E-state index in [-0.39, 0.29) is 101 Å². The monoisotopic (exact) mass is 758 g/mol. The van der Waals surface area contributed by atoms with E-state index in [9.17, 15) is 19.2 Å². The third-order valence-electron chi connectivity index (χ3n) is 6.57. The molecular weight excluding hydrogens is 712 g/mol. The molecular formula is C32H47ClN6O11S. The van der Waals surface area contributed by atoms with Crippen LogP contribution >= 0.6 is 23.5 Å². The molecule has 0 bridgehead atoms. The van der Waals surface area contributed by atoms with Crippen molar-refractivity contribution < 1.29 is 53.1 Å². The van der Waals surface area contributed by atoms with E-state index < -0.39 is 17.7 Å². The van der Waals surface area contributed by atoms with Crippen molar-refractivity contribution in [1.82, 2.24) is 20.6 Å². The molecule has 19 heteroatoms. The van der Waals surface area contributed by atoms with E-state index in [0.717, 1.165) is 4.90 Å². The van der Waals surface area contributed by atoms with Crippen molar-refractivity contribution in [2.24, 2.45) is 11.1 Å². The number of hydrogen-bond donors (Lipinski definition) is 6. The van der Waals surface area contributed by atoms with E-state index in [1.807, 2.05) is 13.8 Å². The second-order valence-electron chi connectivity index (χ2n) is 12.1. The van der Waals surface area contributed by atoms with Crippen molar-refractivity contribution in [3.8, 4) is 5.75 Å². The van der Waals surface area contributed by atoms with E-state index in [0.29, 0.717) is 23.6 Å². The van der Waals surface area contributed by atoms with Crippen molar-refractivity contribution >= 4 is 53.3 Å². The molecule has 0 saturated heterocycles. The minimum absolute atomic E-state index is 0.0427. The minimum atomic E-state index is -1.08. The Bertz CT molecular complexity index is 1400. The van der Waals surface area contributed by atoms with Crippen LogP contribution in [-0.2, 0) is 33.3 Å². The molecule has 1 aromatic carbocycles. The number of anilines is 1. The van der Waals surface area contributed by atoms with Gasteiger partial charge < -0.3 is 44.5 Å². The summed E-state index contributed by atoms with van der Waals surface area (Å²) in [7, 11) is 0. The first-order valence-corrected chi connectivity index (χ1v) is 17.2. The van der Waals surface area contributed by atoms with Gasteiger partial charge in [0.15, 0.2) is 5.72 Å². The zero-order valence-corrected chi connectivity index (χ0v) is 30.5. The summed E-state index contributed by atoms with van der Waals surface area (Å²) in [6, 6.07) is 5.17. The molecule has 2 rings (SSSR count). The number of benzene rings is 1. The fourth-order valence-electron chi connectivity index (χ4n) is 4.42. The van der Waals surface area contributed by atoms with Gasteiger partial charge in [-0.05, 0) is 48.9 Å². The zero-order chi connectivity index (χ0) is 37.7. The predicted octanol–water partition coefficient (Wildman–Crippen LogP) is 2.58. The number of carboxylic acid groups (broad SMARTS) is 2. The molecule has 1 heterocycles. The Labute approximate surface area is 305 Å². The zero-order valence-electron chi connectivity index (χ0n) is 28.9. The summed E-state index contributed by atoms with van der Waals surface area (Å²) < 4.78 is 29.6. The van der Waals surface area contributed by atoms with E-state index in [4.69, 9.17) is 51.2 Å². The molecule has 1 unspecified atom stereocenters. The van der Waals surface area contributed by atoms with Crippen molar-refractivity contribution in [3.05, 3.63) is 41.2 Å². The first-order valence-electron chi connectivity index (χ1n) is 16.0. The van der Waals surface area contributed by atoms with Gasteiger partial charge in [0.05, 0.1) is 50.2 Å². The lowest BCUT2D eigenvalue weighted by atomic mass is 9.80. The van der Waals surface area contributed by atoms with Crippen molar-refractivity contribution in [1.29, 1.82) is 0 Å². The average Bonchev–Trinajstić information content (AvgIpc) is 3.06. The Kier molecular flexibility index (Phi) is 19.5. The third-order valence-corrected chi connectivity index (χ3v) is 7.64. The first-order chi connectivity index (χ1) is 24.2. The lowest BCUT2D eigenvalue weighted by molar-refractivity contribution is -0.143. The summed E-state index contributed by atoms with van der Waals surface area (Å²) in [5.74, 6) is -1.93. The van der Waals surface area contributed by atoms with Gasteiger partial charge in [-0.15, -0.1) is 0 Å². The number of rotatable bonds is 27. The van der Waals surface area contributed by atoms with Gasteiger partial charge in [-0.1, -0.05) is 25.4 Å². The van der Waals surface area contributed by atoms with Crippen molar-refractivity contribution in [2.75, 3.05) is 70.7 Å². The molecule has 17 nitrogen and oxygen atoms in total. The quantitative estimate of drug-likeness (QED) is 0.0436. The first kappa shape index (κ1) is 43.4. The van der Waals surface area contributed by atoms with Crippen LogP contribution < -0.4 is 25.8 Å². The van der Waals surface area contributed by atoms with Crippen molar-refractivity contribution in [3.63, 3.8) is 0 Å². The molecule has 0 aliphatic heterocycles. The minimum Gasteiger partial charge on any atom is -0.481 e. The normalized spacial score (nSPS) is 12.5. The maximum Gasteiger partial charge on any atom is 0.329 e. The number of hydrogen-bond acceptors (Lipinski definition) is 14. The smallest absolute Gasteiger partial charge is 0.329 e. The Balaban J connectivity index is 1.59. The number of nitrogens with zero attached hydrogens (tertiary/aromatic N) is 2. The largest absolute Gasteiger partial charge is 0.481 e. The van der Waals surface area contributed by atoms with Crippen LogP contribution in [0.4, 0.5) is 5.95 Å². The second-order valence-corrected chi connectivity index (χ2v) is 13.4. The van der Waals surface area contributed by atoms with Crippen LogP contribution in [0, 0.1) is 5.41 Å². The lowest BCUT2D eigenvalue weighted by Gasteiger charge is -2.35. The topological polar surface area (TPSA) is 243 Å². The molecule has 2 amide bonds. The lowest BCUT2D eigenvalue weighted by Crippen LogP contribution is -2.46. The van der Waals surface area contributed by atoms with Gasteiger partial charge in [-0.25, -0.2) is 14.8 Å². The van der Waals surface area contributed by atoms with Crippen LogP contribution in [0.15, 0.2) is 35.5 Å². The van der Waals surface area contributed by atoms with Gasteiger partial charge in [0.25, 0.3) is 5.91 Å². The highest BCUT2D eigenvalue weighted by Gasteiger charge is 2.32. The van der Waals surface area contributed by atoms with Gasteiger partial charge in [-0.3, -0.25) is 24.8 Å². The fourth-order valence-corrected chi connectivity index (χ4v) is 5.33. The van der Waals surface area contributed by atoms with Gasteiger partial charge >= 0.3 is 11.9 Å². The van der Waals surface area contributed by atoms with E-state index in [1.54, 1.807) is 25.1 Å². The maximum absolute atomic E-state index is 12.4. The molecule has 7 N–H and O–H groups in total. The summed E-state index contributed by atoms with van der Waals surface area (Å²) >= 11 is 7.67. The molecule has 0 fully saturated rings. The van der Waals surface area contributed by atoms with Gasteiger partial charge in [0, 0.05) is 43.2 Å². The average molecular weight is 759 g/mol. The SMILES string of the molecule is CC(C)(CCC(=O)O)CC(C)(N)Oc1ccc(SNc2ncc(C(=O)NCCOCCOCC(=O)NCCOCCOCC(=O)O)cn2)cc1Cl. The molecule has 51 heavy (non-hydrogen) atoms. The summed E-state index contributed by atoms with van der Waals surface area (Å²) in [6.45, 7) is 6.87. The predicted molar refractivity (Wildman–Crippen MR) is 188 cm³/mol. The fraction of sp³-hybridized carbons (Fsp3) is 0.562. The highest BCUT2D eigenvalue weighted by molar-refractivity contribution is 8.00. The number of ether oxygens (including phenoxy) is 5. The molecule has 1 aromatic heterocycles. The number of carbonyl (C=O) groups excluding carboxylic acids is 2. The standard InChI is InChI=1S/C32H47ClN6O11S/c1-31(2,7-6-27(41)42)21-32(3,34)50-25-5-4-23(16-24(25)33)51-39-30-37-17-22(18-38-30)29(45)36-9-11-47-12-14-48-19-26(40)35-8-10-46-13-15-49-20-28(43)44/h4-5,16-18H,6-15,19-21,34H2,1-3H3,(H,35,40)(H,36,45)(H,41,42)(H,43,44)(H,37,38,39). The second kappa shape index (κ2) is 22.9. The third kappa shape index (κ3) is 20.0. The number of aliphatic carboxylic acids is 2. The molecule has 0 aliphatic rings. The van der Waals surface area contributed by atoms with Gasteiger partial charge in [0.1, 0.15) is 19.0 Å². The molecule has 0 aliphatic carbocycles. The number of carboxylic acids is 2. The van der Waals surface area contributed by atoms with Crippen LogP contribution in [0.3, 0.4) is 0 Å². The van der Waals surface area contributed by atoms with Crippen LogP contribution in [-0.4, -0.2) is 116 Å². The molecule has 1 atom stereocenters. The van der Waals surface area contributed by atoms with E-state index in [2.05, 4.69) is 25.3 Å². The van der Waals surface area contributed by atoms with Gasteiger partial charge in [0.2, 0.25) is 11.9 Å². The van der Waals surface area contributed by atoms with Crippen LogP contribution in [0.1, 0.15) is 50.4 Å². The maximum atomic E-state index is 12.4. The number of halogens is 1. The van der Waals surface area contributed by atoms with E-state index in [1.165, 1.54) is 24.3 Å². The molecule has 0 radical (unpaired) electrons. The number of amides is 2. The summed E-state index contributed by atoms with van der Waals surface area (Å²) in [5, 5.41) is 23.1. The Morgan fingerprint density at radius 2 is 1.47 bits per heavy atom. The Morgan fingerprint density at radius 3 is 2.08 bits per heavy atom. The molecule has 0 spiro atoms. The molecule has 284 valence electrons. The summed E-state index contributed by atoms with van der Waals surface area (Å²) in [4.78, 5) is 54.5. The highest BCUT2D eigenvalue weighted by atomic mass is 35.5. The van der Waals surface area contributed by atoms with E-state index >= 15 is 0 Å². The van der Waals surface area contributed by atoms with Gasteiger partial charge in [-0.2, -0.15) is 0 Å². The Morgan fingerprint density at radius 1 is 0.863 bits per heavy atom. The number of aromatic nitrogens is 2. The number of nitrogens with one attached hydrogen (secondary N) is 3.